The van der Waals surface area contributed by atoms with Gasteiger partial charge in [-0.25, -0.2) is 0 Å². The SMILES string of the molecule is N#Cc1ccc(NC2C(=O)Nc3ccc(Cl)cc32)cc1. The Morgan fingerprint density at radius 2 is 1.95 bits per heavy atom. The first-order valence-corrected chi connectivity index (χ1v) is 6.42. The van der Waals surface area contributed by atoms with E-state index in [2.05, 4.69) is 16.7 Å². The molecule has 0 aromatic heterocycles. The number of halogens is 1. The number of anilines is 2. The summed E-state index contributed by atoms with van der Waals surface area (Å²) < 4.78 is 0. The van der Waals surface area contributed by atoms with Crippen molar-refractivity contribution in [2.24, 2.45) is 0 Å². The fourth-order valence-electron chi connectivity index (χ4n) is 2.18. The number of nitrogens with zero attached hydrogens (tertiary/aromatic N) is 1. The molecule has 0 saturated carbocycles. The minimum Gasteiger partial charge on any atom is -0.370 e. The molecule has 1 unspecified atom stereocenters. The molecule has 0 bridgehead atoms. The number of benzene rings is 2. The summed E-state index contributed by atoms with van der Waals surface area (Å²) in [5, 5.41) is 15.3. The monoisotopic (exact) mass is 283 g/mol. The molecule has 5 heteroatoms. The second-order valence-electron chi connectivity index (χ2n) is 4.49. The first-order valence-electron chi connectivity index (χ1n) is 6.04. The Morgan fingerprint density at radius 1 is 1.20 bits per heavy atom. The van der Waals surface area contributed by atoms with Crippen LogP contribution in [0.3, 0.4) is 0 Å². The zero-order valence-corrected chi connectivity index (χ0v) is 11.1. The van der Waals surface area contributed by atoms with Gasteiger partial charge in [0.25, 0.3) is 5.91 Å². The van der Waals surface area contributed by atoms with Gasteiger partial charge in [-0.3, -0.25) is 4.79 Å². The summed E-state index contributed by atoms with van der Waals surface area (Å²) in [6.45, 7) is 0. The van der Waals surface area contributed by atoms with Crippen LogP contribution in [0.4, 0.5) is 11.4 Å². The third-order valence-corrected chi connectivity index (χ3v) is 3.40. The highest BCUT2D eigenvalue weighted by Gasteiger charge is 2.30. The molecule has 1 aliphatic rings. The van der Waals surface area contributed by atoms with Crippen molar-refractivity contribution in [1.29, 1.82) is 5.26 Å². The number of fused-ring (bicyclic) bond motifs is 1. The highest BCUT2D eigenvalue weighted by molar-refractivity contribution is 6.31. The van der Waals surface area contributed by atoms with Crippen molar-refractivity contribution in [2.75, 3.05) is 10.6 Å². The van der Waals surface area contributed by atoms with Gasteiger partial charge >= 0.3 is 0 Å². The molecule has 1 amide bonds. The Hall–Kier alpha value is -2.51. The van der Waals surface area contributed by atoms with Crippen molar-refractivity contribution in [3.8, 4) is 6.07 Å². The van der Waals surface area contributed by atoms with Gasteiger partial charge in [-0.2, -0.15) is 5.26 Å². The molecule has 0 radical (unpaired) electrons. The fraction of sp³-hybridized carbons (Fsp3) is 0.0667. The highest BCUT2D eigenvalue weighted by Crippen LogP contribution is 2.35. The first-order chi connectivity index (χ1) is 9.67. The summed E-state index contributed by atoms with van der Waals surface area (Å²) in [6, 6.07) is 13.8. The predicted octanol–water partition coefficient (Wildman–Crippen LogP) is 3.32. The van der Waals surface area contributed by atoms with Gasteiger partial charge in [0.15, 0.2) is 0 Å². The lowest BCUT2D eigenvalue weighted by Crippen LogP contribution is -2.19. The Morgan fingerprint density at radius 3 is 2.65 bits per heavy atom. The fourth-order valence-corrected chi connectivity index (χ4v) is 2.36. The van der Waals surface area contributed by atoms with Crippen molar-refractivity contribution in [3.63, 3.8) is 0 Å². The molecular weight excluding hydrogens is 274 g/mol. The molecule has 0 spiro atoms. The van der Waals surface area contributed by atoms with E-state index < -0.39 is 6.04 Å². The molecule has 1 atom stereocenters. The summed E-state index contributed by atoms with van der Waals surface area (Å²) in [6.07, 6.45) is 0. The van der Waals surface area contributed by atoms with Crippen LogP contribution in [0.1, 0.15) is 17.2 Å². The Labute approximate surface area is 121 Å². The van der Waals surface area contributed by atoms with E-state index >= 15 is 0 Å². The van der Waals surface area contributed by atoms with E-state index in [9.17, 15) is 4.79 Å². The van der Waals surface area contributed by atoms with Gasteiger partial charge in [-0.15, -0.1) is 0 Å². The number of hydrogen-bond acceptors (Lipinski definition) is 3. The molecule has 3 rings (SSSR count). The molecular formula is C15H10ClN3O. The average molecular weight is 284 g/mol. The molecule has 2 N–H and O–H groups in total. The second kappa shape index (κ2) is 4.87. The Bertz CT molecular complexity index is 719. The standard InChI is InChI=1S/C15H10ClN3O/c16-10-3-6-13-12(7-10)14(15(20)19-13)18-11-4-1-9(8-17)2-5-11/h1-7,14,18H,(H,19,20). The van der Waals surface area contributed by atoms with Gasteiger partial charge in [0.2, 0.25) is 0 Å². The summed E-state index contributed by atoms with van der Waals surface area (Å²) in [4.78, 5) is 12.0. The number of carbonyl (C=O) groups excluding carboxylic acids is 1. The largest absolute Gasteiger partial charge is 0.370 e. The van der Waals surface area contributed by atoms with E-state index in [1.807, 2.05) is 0 Å². The molecule has 1 aliphatic heterocycles. The maximum Gasteiger partial charge on any atom is 0.251 e. The summed E-state index contributed by atoms with van der Waals surface area (Å²) in [5.41, 5.74) is 2.95. The molecule has 0 aliphatic carbocycles. The van der Waals surface area contributed by atoms with Crippen molar-refractivity contribution in [1.82, 2.24) is 0 Å². The quantitative estimate of drug-likeness (QED) is 0.888. The van der Waals surface area contributed by atoms with Crippen LogP contribution in [0.15, 0.2) is 42.5 Å². The van der Waals surface area contributed by atoms with E-state index in [1.165, 1.54) is 0 Å². The second-order valence-corrected chi connectivity index (χ2v) is 4.92. The molecule has 0 fully saturated rings. The molecule has 4 nitrogen and oxygen atoms in total. The lowest BCUT2D eigenvalue weighted by Gasteiger charge is -2.13. The third-order valence-electron chi connectivity index (χ3n) is 3.17. The molecule has 20 heavy (non-hydrogen) atoms. The minimum absolute atomic E-state index is 0.119. The van der Waals surface area contributed by atoms with E-state index in [4.69, 9.17) is 16.9 Å². The van der Waals surface area contributed by atoms with E-state index in [0.29, 0.717) is 10.6 Å². The van der Waals surface area contributed by atoms with Crippen LogP contribution in [-0.2, 0) is 4.79 Å². The topological polar surface area (TPSA) is 64.9 Å². The zero-order valence-electron chi connectivity index (χ0n) is 10.4. The van der Waals surface area contributed by atoms with Crippen LogP contribution in [0.2, 0.25) is 5.02 Å². The van der Waals surface area contributed by atoms with Gasteiger partial charge < -0.3 is 10.6 Å². The van der Waals surface area contributed by atoms with E-state index in [0.717, 1.165) is 16.9 Å². The number of amides is 1. The third kappa shape index (κ3) is 2.20. The number of nitrogens with one attached hydrogen (secondary N) is 2. The van der Waals surface area contributed by atoms with Crippen LogP contribution >= 0.6 is 11.6 Å². The van der Waals surface area contributed by atoms with E-state index in [-0.39, 0.29) is 5.91 Å². The van der Waals surface area contributed by atoms with Crippen LogP contribution in [0, 0.1) is 11.3 Å². The van der Waals surface area contributed by atoms with Crippen LogP contribution in [0.5, 0.6) is 0 Å². The molecule has 1 heterocycles. The van der Waals surface area contributed by atoms with Crippen LogP contribution in [-0.4, -0.2) is 5.91 Å². The summed E-state index contributed by atoms with van der Waals surface area (Å²) >= 11 is 5.98. The van der Waals surface area contributed by atoms with Crippen LogP contribution < -0.4 is 10.6 Å². The maximum absolute atomic E-state index is 12.0. The van der Waals surface area contributed by atoms with Crippen molar-refractivity contribution in [3.05, 3.63) is 58.6 Å². The lowest BCUT2D eigenvalue weighted by atomic mass is 10.1. The Balaban J connectivity index is 1.89. The lowest BCUT2D eigenvalue weighted by molar-refractivity contribution is -0.116. The normalized spacial score (nSPS) is 16.2. The summed E-state index contributed by atoms with van der Waals surface area (Å²) in [5.74, 6) is -0.119. The van der Waals surface area contributed by atoms with Gasteiger partial charge in [0.05, 0.1) is 11.6 Å². The first kappa shape index (κ1) is 12.5. The maximum atomic E-state index is 12.0. The number of rotatable bonds is 2. The number of hydrogen-bond donors (Lipinski definition) is 2. The van der Waals surface area contributed by atoms with Gasteiger partial charge in [-0.05, 0) is 42.5 Å². The molecule has 0 saturated heterocycles. The number of nitriles is 1. The van der Waals surface area contributed by atoms with Gasteiger partial charge in [-0.1, -0.05) is 11.6 Å². The molecule has 2 aromatic rings. The number of carbonyl (C=O) groups is 1. The summed E-state index contributed by atoms with van der Waals surface area (Å²) in [7, 11) is 0. The minimum atomic E-state index is -0.475. The smallest absolute Gasteiger partial charge is 0.251 e. The zero-order chi connectivity index (χ0) is 14.1. The van der Waals surface area contributed by atoms with Gasteiger partial charge in [0.1, 0.15) is 6.04 Å². The average Bonchev–Trinajstić information content (AvgIpc) is 2.76. The molecule has 98 valence electrons. The van der Waals surface area contributed by atoms with E-state index in [1.54, 1.807) is 42.5 Å². The highest BCUT2D eigenvalue weighted by atomic mass is 35.5. The molecule has 2 aromatic carbocycles. The van der Waals surface area contributed by atoms with Crippen molar-refractivity contribution in [2.45, 2.75) is 6.04 Å². The Kier molecular flexibility index (Phi) is 3.05. The van der Waals surface area contributed by atoms with Crippen molar-refractivity contribution < 1.29 is 4.79 Å². The van der Waals surface area contributed by atoms with Gasteiger partial charge in [0, 0.05) is 22.0 Å². The van der Waals surface area contributed by atoms with Crippen LogP contribution in [0.25, 0.3) is 0 Å². The predicted molar refractivity (Wildman–Crippen MR) is 77.6 cm³/mol. The van der Waals surface area contributed by atoms with Crippen molar-refractivity contribution >= 4 is 28.9 Å².